The maximum atomic E-state index is 13.1. The molecule has 0 bridgehead atoms. The Morgan fingerprint density at radius 2 is 2.00 bits per heavy atom. The highest BCUT2D eigenvalue weighted by molar-refractivity contribution is 6.03. The van der Waals surface area contributed by atoms with Crippen LogP contribution in [0, 0.1) is 17.1 Å². The Hall–Kier alpha value is -2.75. The van der Waals surface area contributed by atoms with Crippen molar-refractivity contribution in [1.82, 2.24) is 14.8 Å². The number of halogens is 1. The summed E-state index contributed by atoms with van der Waals surface area (Å²) in [5.41, 5.74) is 0.206. The van der Waals surface area contributed by atoms with Gasteiger partial charge < -0.3 is 4.90 Å². The summed E-state index contributed by atoms with van der Waals surface area (Å²) >= 11 is 0. The zero-order chi connectivity index (χ0) is 17.0. The molecule has 0 aliphatic rings. The van der Waals surface area contributed by atoms with E-state index in [1.807, 2.05) is 26.8 Å². The lowest BCUT2D eigenvalue weighted by Gasteiger charge is -2.21. The van der Waals surface area contributed by atoms with E-state index in [2.05, 4.69) is 10.1 Å². The monoisotopic (exact) mass is 315 g/mol. The normalized spacial score (nSPS) is 11.1. The van der Waals surface area contributed by atoms with Gasteiger partial charge in [0.15, 0.2) is 0 Å². The first-order valence-corrected chi connectivity index (χ1v) is 7.19. The molecule has 0 N–H and O–H groups in total. The van der Waals surface area contributed by atoms with Crippen LogP contribution in [0.4, 0.5) is 10.1 Å². The molecule has 0 radical (unpaired) electrons. The van der Waals surface area contributed by atoms with Gasteiger partial charge in [-0.15, -0.1) is 5.10 Å². The third-order valence-electron chi connectivity index (χ3n) is 3.20. The minimum atomic E-state index is -0.421. The number of nitrogens with zero attached hydrogens (tertiary/aromatic N) is 5. The van der Waals surface area contributed by atoms with E-state index in [0.717, 1.165) is 0 Å². The lowest BCUT2D eigenvalue weighted by molar-refractivity contribution is 0.0976. The third kappa shape index (κ3) is 3.92. The molecule has 0 atom stereocenters. The molecule has 0 saturated heterocycles. The van der Waals surface area contributed by atoms with Crippen LogP contribution in [0.25, 0.3) is 0 Å². The van der Waals surface area contributed by atoms with E-state index >= 15 is 0 Å². The minimum Gasteiger partial charge on any atom is -0.305 e. The zero-order valence-corrected chi connectivity index (χ0v) is 13.3. The number of anilines is 1. The van der Waals surface area contributed by atoms with Crippen molar-refractivity contribution in [2.45, 2.75) is 32.7 Å². The number of nitriles is 1. The van der Waals surface area contributed by atoms with E-state index in [1.165, 1.54) is 35.5 Å². The van der Waals surface area contributed by atoms with Gasteiger partial charge in [0.05, 0.1) is 18.0 Å². The molecule has 1 aromatic carbocycles. The van der Waals surface area contributed by atoms with Gasteiger partial charge in [0.25, 0.3) is 5.91 Å². The first-order chi connectivity index (χ1) is 10.8. The van der Waals surface area contributed by atoms with Gasteiger partial charge in [-0.2, -0.15) is 5.26 Å². The van der Waals surface area contributed by atoms with Gasteiger partial charge in [-0.25, -0.2) is 14.1 Å². The van der Waals surface area contributed by atoms with Gasteiger partial charge >= 0.3 is 0 Å². The van der Waals surface area contributed by atoms with Gasteiger partial charge in [0.2, 0.25) is 5.82 Å². The summed E-state index contributed by atoms with van der Waals surface area (Å²) in [5, 5.41) is 13.0. The summed E-state index contributed by atoms with van der Waals surface area (Å²) in [6, 6.07) is 7.52. The van der Waals surface area contributed by atoms with Crippen LogP contribution in [0.2, 0.25) is 0 Å². The average molecular weight is 315 g/mol. The number of carbonyl (C=O) groups is 1. The smallest absolute Gasteiger partial charge is 0.297 e. The number of rotatable bonds is 4. The van der Waals surface area contributed by atoms with Crippen molar-refractivity contribution >= 4 is 11.6 Å². The summed E-state index contributed by atoms with van der Waals surface area (Å²) < 4.78 is 14.7. The molecule has 1 aromatic heterocycles. The Labute approximate surface area is 134 Å². The molecule has 7 heteroatoms. The molecule has 2 rings (SSSR count). The second-order valence-corrected chi connectivity index (χ2v) is 6.02. The number of aromatic nitrogens is 3. The summed E-state index contributed by atoms with van der Waals surface area (Å²) in [6.07, 6.45) is 1.66. The molecule has 6 nitrogen and oxygen atoms in total. The molecule has 1 amide bonds. The molecule has 120 valence electrons. The second kappa shape index (κ2) is 6.57. The lowest BCUT2D eigenvalue weighted by atomic mass is 10.1. The van der Waals surface area contributed by atoms with Crippen LogP contribution >= 0.6 is 0 Å². The lowest BCUT2D eigenvalue weighted by Crippen LogP contribution is -2.33. The Balaban J connectivity index is 2.31. The van der Waals surface area contributed by atoms with Crippen molar-refractivity contribution in [3.63, 3.8) is 0 Å². The molecule has 2 aromatic rings. The Morgan fingerprint density at radius 3 is 2.52 bits per heavy atom. The van der Waals surface area contributed by atoms with Gasteiger partial charge in [-0.3, -0.25) is 4.79 Å². The number of hydrogen-bond acceptors (Lipinski definition) is 4. The van der Waals surface area contributed by atoms with E-state index in [1.54, 1.807) is 4.68 Å². The Bertz CT molecular complexity index is 724. The van der Waals surface area contributed by atoms with Crippen molar-refractivity contribution < 1.29 is 9.18 Å². The molecule has 0 unspecified atom stereocenters. The third-order valence-corrected chi connectivity index (χ3v) is 3.20. The van der Waals surface area contributed by atoms with E-state index < -0.39 is 11.7 Å². The van der Waals surface area contributed by atoms with Crippen LogP contribution in [-0.4, -0.2) is 27.2 Å². The van der Waals surface area contributed by atoms with Gasteiger partial charge in [0, 0.05) is 12.2 Å². The fourth-order valence-corrected chi connectivity index (χ4v) is 1.94. The van der Waals surface area contributed by atoms with Crippen LogP contribution in [0.3, 0.4) is 0 Å². The fraction of sp³-hybridized carbons (Fsp3) is 0.375. The maximum Gasteiger partial charge on any atom is 0.297 e. The standard InChI is InChI=1S/C16H18FN5O/c1-16(2,3)22-11-19-14(20-22)15(23)21(10-4-9-18)13-7-5-12(17)6-8-13/h5-8,11H,4,10H2,1-3H3. The predicted octanol–water partition coefficient (Wildman–Crippen LogP) is 2.73. The molecule has 0 saturated carbocycles. The minimum absolute atomic E-state index is 0.0437. The summed E-state index contributed by atoms with van der Waals surface area (Å²) in [7, 11) is 0. The second-order valence-electron chi connectivity index (χ2n) is 6.02. The van der Waals surface area contributed by atoms with Gasteiger partial charge in [0.1, 0.15) is 12.1 Å². The molecule has 0 spiro atoms. The van der Waals surface area contributed by atoms with E-state index in [9.17, 15) is 9.18 Å². The topological polar surface area (TPSA) is 74.8 Å². The summed E-state index contributed by atoms with van der Waals surface area (Å²) in [4.78, 5) is 18.1. The molecule has 0 aliphatic carbocycles. The van der Waals surface area contributed by atoms with Crippen molar-refractivity contribution in [3.8, 4) is 6.07 Å². The van der Waals surface area contributed by atoms with Crippen LogP contribution in [-0.2, 0) is 5.54 Å². The van der Waals surface area contributed by atoms with E-state index in [0.29, 0.717) is 5.69 Å². The highest BCUT2D eigenvalue weighted by Gasteiger charge is 2.23. The van der Waals surface area contributed by atoms with Gasteiger partial charge in [-0.1, -0.05) is 0 Å². The molecular weight excluding hydrogens is 297 g/mol. The van der Waals surface area contributed by atoms with Crippen LogP contribution in [0.5, 0.6) is 0 Å². The molecule has 0 fully saturated rings. The Morgan fingerprint density at radius 1 is 1.35 bits per heavy atom. The number of benzene rings is 1. The molecule has 0 aliphatic heterocycles. The molecule has 1 heterocycles. The predicted molar refractivity (Wildman–Crippen MR) is 83.3 cm³/mol. The summed E-state index contributed by atoms with van der Waals surface area (Å²) in [6.45, 7) is 6.03. The Kier molecular flexibility index (Phi) is 4.74. The summed E-state index contributed by atoms with van der Waals surface area (Å²) in [5.74, 6) is -0.770. The van der Waals surface area contributed by atoms with E-state index in [-0.39, 0.29) is 24.3 Å². The quantitative estimate of drug-likeness (QED) is 0.869. The number of amides is 1. The SMILES string of the molecule is CC(C)(C)n1cnc(C(=O)N(CCC#N)c2ccc(F)cc2)n1. The van der Waals surface area contributed by atoms with Crippen molar-refractivity contribution in [2.24, 2.45) is 0 Å². The van der Waals surface area contributed by atoms with Crippen LogP contribution in [0.1, 0.15) is 37.8 Å². The largest absolute Gasteiger partial charge is 0.305 e. The number of hydrogen-bond donors (Lipinski definition) is 0. The first kappa shape index (κ1) is 16.6. The molecule has 23 heavy (non-hydrogen) atoms. The van der Waals surface area contributed by atoms with Crippen LogP contribution in [0.15, 0.2) is 30.6 Å². The first-order valence-electron chi connectivity index (χ1n) is 7.19. The highest BCUT2D eigenvalue weighted by atomic mass is 19.1. The van der Waals surface area contributed by atoms with Crippen molar-refractivity contribution in [3.05, 3.63) is 42.2 Å². The molecular formula is C16H18FN5O. The van der Waals surface area contributed by atoms with Gasteiger partial charge in [-0.05, 0) is 45.0 Å². The number of carbonyl (C=O) groups excluding carboxylic acids is 1. The highest BCUT2D eigenvalue weighted by Crippen LogP contribution is 2.18. The van der Waals surface area contributed by atoms with Crippen molar-refractivity contribution in [2.75, 3.05) is 11.4 Å². The van der Waals surface area contributed by atoms with Crippen LogP contribution < -0.4 is 4.90 Å². The average Bonchev–Trinajstić information content (AvgIpc) is 2.99. The van der Waals surface area contributed by atoms with Crippen molar-refractivity contribution in [1.29, 1.82) is 5.26 Å². The van der Waals surface area contributed by atoms with E-state index in [4.69, 9.17) is 5.26 Å². The fourth-order valence-electron chi connectivity index (χ4n) is 1.94. The zero-order valence-electron chi connectivity index (χ0n) is 13.3. The maximum absolute atomic E-state index is 13.1.